The number of carbonyl (C=O) groups excluding carboxylic acids is 1. The molecule has 4 rings (SSSR count). The maximum Gasteiger partial charge on any atom is 0.271 e. The molecule has 0 spiro atoms. The third-order valence-electron chi connectivity index (χ3n) is 4.63. The van der Waals surface area contributed by atoms with Gasteiger partial charge in [-0.15, -0.1) is 0 Å². The van der Waals surface area contributed by atoms with E-state index in [4.69, 9.17) is 0 Å². The van der Waals surface area contributed by atoms with Crippen LogP contribution in [-0.2, 0) is 6.54 Å². The maximum atomic E-state index is 13.4. The standard InChI is InChI=1S/C23H17FIN3O2/c24-19-3-1-2-16(11-19)14-28-9-8-17-10-15(4-7-21(17)28)13-26-27-23(30)18-5-6-20(25)22(29)12-18/h1-13,29H,14H2,(H,27,30)/b26-13+. The molecule has 0 aliphatic heterocycles. The van der Waals surface area contributed by atoms with Gasteiger partial charge in [-0.2, -0.15) is 5.10 Å². The van der Waals surface area contributed by atoms with Crippen LogP contribution in [0.15, 0.2) is 78.0 Å². The average molecular weight is 513 g/mol. The van der Waals surface area contributed by atoms with Gasteiger partial charge in [0.1, 0.15) is 11.6 Å². The molecule has 4 aromatic rings. The van der Waals surface area contributed by atoms with Gasteiger partial charge in [0.25, 0.3) is 5.91 Å². The Bertz CT molecular complexity index is 1270. The molecule has 0 aliphatic carbocycles. The number of nitrogens with one attached hydrogen (secondary N) is 1. The van der Waals surface area contributed by atoms with Crippen LogP contribution in [0.2, 0.25) is 0 Å². The molecule has 5 nitrogen and oxygen atoms in total. The van der Waals surface area contributed by atoms with Crippen LogP contribution in [0.3, 0.4) is 0 Å². The molecule has 1 aromatic heterocycles. The summed E-state index contributed by atoms with van der Waals surface area (Å²) < 4.78 is 16.1. The molecule has 3 aromatic carbocycles. The number of phenolic OH excluding ortho intramolecular Hbond substituents is 1. The molecule has 0 saturated carbocycles. The van der Waals surface area contributed by atoms with Gasteiger partial charge in [-0.1, -0.05) is 18.2 Å². The fourth-order valence-corrected chi connectivity index (χ4v) is 3.49. The molecule has 0 atom stereocenters. The van der Waals surface area contributed by atoms with E-state index in [0.29, 0.717) is 15.7 Å². The van der Waals surface area contributed by atoms with E-state index in [-0.39, 0.29) is 11.6 Å². The van der Waals surface area contributed by atoms with Gasteiger partial charge in [0.15, 0.2) is 0 Å². The molecule has 7 heteroatoms. The fraction of sp³-hybridized carbons (Fsp3) is 0.0435. The smallest absolute Gasteiger partial charge is 0.271 e. The second-order valence-electron chi connectivity index (χ2n) is 6.76. The van der Waals surface area contributed by atoms with Crippen molar-refractivity contribution in [2.24, 2.45) is 5.10 Å². The van der Waals surface area contributed by atoms with E-state index in [9.17, 15) is 14.3 Å². The first kappa shape index (κ1) is 20.1. The number of hydrogen-bond donors (Lipinski definition) is 2. The predicted molar refractivity (Wildman–Crippen MR) is 123 cm³/mol. The topological polar surface area (TPSA) is 66.6 Å². The molecule has 0 bridgehead atoms. The summed E-state index contributed by atoms with van der Waals surface area (Å²) >= 11 is 1.99. The Morgan fingerprint density at radius 2 is 2.00 bits per heavy atom. The molecule has 150 valence electrons. The molecular weight excluding hydrogens is 496 g/mol. The second-order valence-corrected chi connectivity index (χ2v) is 7.92. The lowest BCUT2D eigenvalue weighted by atomic mass is 10.1. The zero-order chi connectivity index (χ0) is 21.1. The van der Waals surface area contributed by atoms with E-state index in [1.807, 2.05) is 59.1 Å². The number of carbonyl (C=O) groups is 1. The highest BCUT2D eigenvalue weighted by Crippen LogP contribution is 2.21. The van der Waals surface area contributed by atoms with Crippen LogP contribution in [-0.4, -0.2) is 21.8 Å². The van der Waals surface area contributed by atoms with Crippen LogP contribution < -0.4 is 5.43 Å². The van der Waals surface area contributed by atoms with Gasteiger partial charge in [-0.3, -0.25) is 4.79 Å². The quantitative estimate of drug-likeness (QED) is 0.227. The highest BCUT2D eigenvalue weighted by molar-refractivity contribution is 14.1. The van der Waals surface area contributed by atoms with Gasteiger partial charge in [-0.05, 0) is 82.2 Å². The number of amides is 1. The van der Waals surface area contributed by atoms with Crippen LogP contribution in [0.1, 0.15) is 21.5 Å². The molecule has 1 heterocycles. The van der Waals surface area contributed by atoms with Crippen LogP contribution >= 0.6 is 22.6 Å². The van der Waals surface area contributed by atoms with E-state index in [1.165, 1.54) is 18.2 Å². The Morgan fingerprint density at radius 3 is 2.80 bits per heavy atom. The van der Waals surface area contributed by atoms with Gasteiger partial charge in [-0.25, -0.2) is 9.82 Å². The van der Waals surface area contributed by atoms with Gasteiger partial charge in [0, 0.05) is 29.2 Å². The number of hydrogen-bond acceptors (Lipinski definition) is 3. The van der Waals surface area contributed by atoms with Gasteiger partial charge >= 0.3 is 0 Å². The first-order valence-electron chi connectivity index (χ1n) is 9.15. The molecular formula is C23H17FIN3O2. The summed E-state index contributed by atoms with van der Waals surface area (Å²) in [5, 5.41) is 14.7. The number of benzene rings is 3. The number of aromatic hydroxyl groups is 1. The number of halogens is 2. The highest BCUT2D eigenvalue weighted by Gasteiger charge is 2.07. The Morgan fingerprint density at radius 1 is 1.13 bits per heavy atom. The number of aromatic nitrogens is 1. The Hall–Kier alpha value is -3.20. The normalized spacial score (nSPS) is 11.3. The third-order valence-corrected chi connectivity index (χ3v) is 5.54. The Balaban J connectivity index is 1.46. The lowest BCUT2D eigenvalue weighted by Gasteiger charge is -2.06. The first-order chi connectivity index (χ1) is 14.5. The average Bonchev–Trinajstić information content (AvgIpc) is 3.12. The van der Waals surface area contributed by atoms with E-state index in [0.717, 1.165) is 22.0 Å². The van der Waals surface area contributed by atoms with Crippen molar-refractivity contribution < 1.29 is 14.3 Å². The van der Waals surface area contributed by atoms with E-state index in [1.54, 1.807) is 24.4 Å². The monoisotopic (exact) mass is 513 g/mol. The number of nitrogens with zero attached hydrogens (tertiary/aromatic N) is 2. The summed E-state index contributed by atoms with van der Waals surface area (Å²) in [4.78, 5) is 12.1. The summed E-state index contributed by atoms with van der Waals surface area (Å²) in [6.45, 7) is 0.577. The van der Waals surface area contributed by atoms with E-state index >= 15 is 0 Å². The lowest BCUT2D eigenvalue weighted by Crippen LogP contribution is -2.17. The van der Waals surface area contributed by atoms with Gasteiger partial charge < -0.3 is 9.67 Å². The lowest BCUT2D eigenvalue weighted by molar-refractivity contribution is 0.0954. The van der Waals surface area contributed by atoms with Crippen molar-refractivity contribution in [3.05, 3.63) is 99.0 Å². The SMILES string of the molecule is O=C(N/N=C/c1ccc2c(ccn2Cc2cccc(F)c2)c1)c1ccc(I)c(O)c1. The molecule has 0 saturated heterocycles. The maximum absolute atomic E-state index is 13.4. The number of hydrazone groups is 1. The summed E-state index contributed by atoms with van der Waals surface area (Å²) in [6.07, 6.45) is 3.52. The van der Waals surface area contributed by atoms with Crippen LogP contribution in [0.4, 0.5) is 4.39 Å². The molecule has 1 amide bonds. The van der Waals surface area contributed by atoms with Crippen molar-refractivity contribution in [3.63, 3.8) is 0 Å². The predicted octanol–water partition coefficient (Wildman–Crippen LogP) is 4.90. The molecule has 0 aliphatic rings. The van der Waals surface area contributed by atoms with Crippen LogP contribution in [0, 0.1) is 9.39 Å². The third kappa shape index (κ3) is 4.51. The minimum absolute atomic E-state index is 0.0560. The van der Waals surface area contributed by atoms with Crippen molar-refractivity contribution in [1.29, 1.82) is 0 Å². The minimum Gasteiger partial charge on any atom is -0.507 e. The van der Waals surface area contributed by atoms with Crippen LogP contribution in [0.5, 0.6) is 5.75 Å². The van der Waals surface area contributed by atoms with Crippen molar-refractivity contribution in [3.8, 4) is 5.75 Å². The van der Waals surface area contributed by atoms with E-state index in [2.05, 4.69) is 15.1 Å². The van der Waals surface area contributed by atoms with Crippen molar-refractivity contribution in [1.82, 2.24) is 9.99 Å². The first-order valence-corrected chi connectivity index (χ1v) is 10.2. The van der Waals surface area contributed by atoms with Crippen molar-refractivity contribution in [2.75, 3.05) is 0 Å². The molecule has 2 N–H and O–H groups in total. The van der Waals surface area contributed by atoms with Crippen molar-refractivity contribution in [2.45, 2.75) is 6.54 Å². The summed E-state index contributed by atoms with van der Waals surface area (Å²) in [7, 11) is 0. The highest BCUT2D eigenvalue weighted by atomic mass is 127. The summed E-state index contributed by atoms with van der Waals surface area (Å²) in [5.74, 6) is -0.592. The van der Waals surface area contributed by atoms with Gasteiger partial charge in [0.2, 0.25) is 0 Å². The minimum atomic E-state index is -0.403. The second kappa shape index (κ2) is 8.66. The number of phenols is 1. The largest absolute Gasteiger partial charge is 0.507 e. The van der Waals surface area contributed by atoms with Crippen molar-refractivity contribution >= 4 is 45.6 Å². The summed E-state index contributed by atoms with van der Waals surface area (Å²) in [6, 6.07) is 19.1. The number of fused-ring (bicyclic) bond motifs is 1. The Kier molecular flexibility index (Phi) is 5.80. The Labute approximate surface area is 186 Å². The van der Waals surface area contributed by atoms with E-state index < -0.39 is 5.91 Å². The van der Waals surface area contributed by atoms with Gasteiger partial charge in [0.05, 0.1) is 9.78 Å². The number of rotatable bonds is 5. The zero-order valence-electron chi connectivity index (χ0n) is 15.7. The zero-order valence-corrected chi connectivity index (χ0v) is 17.9. The molecule has 0 radical (unpaired) electrons. The van der Waals surface area contributed by atoms with Crippen LogP contribution in [0.25, 0.3) is 10.9 Å². The summed E-state index contributed by atoms with van der Waals surface area (Å²) in [5.41, 5.74) is 5.53. The molecule has 30 heavy (non-hydrogen) atoms. The molecule has 0 fully saturated rings. The fourth-order valence-electron chi connectivity index (χ4n) is 3.15. The molecule has 0 unspecified atom stereocenters.